The topological polar surface area (TPSA) is 29.5 Å². The molecule has 0 aromatic heterocycles. The quantitative estimate of drug-likeness (QED) is 0.848. The van der Waals surface area contributed by atoms with Gasteiger partial charge in [0.25, 0.3) is 0 Å². The highest BCUT2D eigenvalue weighted by Crippen LogP contribution is 2.45. The summed E-state index contributed by atoms with van der Waals surface area (Å²) in [7, 11) is 1.70. The van der Waals surface area contributed by atoms with Crippen molar-refractivity contribution in [3.8, 4) is 0 Å². The maximum atomic E-state index is 10.4. The maximum absolute atomic E-state index is 10.4. The lowest BCUT2D eigenvalue weighted by atomic mass is 9.73. The molecule has 2 heteroatoms. The molecule has 16 heavy (non-hydrogen) atoms. The highest BCUT2D eigenvalue weighted by atomic mass is 16.5. The van der Waals surface area contributed by atoms with Crippen LogP contribution in [0, 0.1) is 13.8 Å². The fourth-order valence-corrected chi connectivity index (χ4v) is 2.53. The standard InChI is InChI=1S/C14H20O2/c1-10-5-6-12(11(2)9-10)13(15)14(16-3)7-4-8-14/h5-6,9,13,15H,4,7-8H2,1-3H3. The van der Waals surface area contributed by atoms with Crippen LogP contribution in [0.25, 0.3) is 0 Å². The lowest BCUT2D eigenvalue weighted by Crippen LogP contribution is -2.45. The van der Waals surface area contributed by atoms with Gasteiger partial charge >= 0.3 is 0 Å². The van der Waals surface area contributed by atoms with Crippen molar-refractivity contribution in [2.24, 2.45) is 0 Å². The molecular formula is C14H20O2. The van der Waals surface area contributed by atoms with Crippen molar-refractivity contribution < 1.29 is 9.84 Å². The lowest BCUT2D eigenvalue weighted by molar-refractivity contribution is -0.152. The first kappa shape index (κ1) is 11.6. The van der Waals surface area contributed by atoms with E-state index in [2.05, 4.69) is 13.0 Å². The van der Waals surface area contributed by atoms with E-state index in [0.717, 1.165) is 30.4 Å². The van der Waals surface area contributed by atoms with Crippen LogP contribution in [0.3, 0.4) is 0 Å². The number of methoxy groups -OCH3 is 1. The van der Waals surface area contributed by atoms with E-state index in [-0.39, 0.29) is 5.60 Å². The number of aliphatic hydroxyl groups is 1. The molecule has 1 fully saturated rings. The van der Waals surface area contributed by atoms with E-state index >= 15 is 0 Å². The van der Waals surface area contributed by atoms with Gasteiger partial charge in [0.05, 0.1) is 5.60 Å². The highest BCUT2D eigenvalue weighted by Gasteiger charge is 2.44. The molecular weight excluding hydrogens is 200 g/mol. The summed E-state index contributed by atoms with van der Waals surface area (Å²) < 4.78 is 5.53. The van der Waals surface area contributed by atoms with E-state index in [1.165, 1.54) is 5.56 Å². The Hall–Kier alpha value is -0.860. The van der Waals surface area contributed by atoms with Crippen LogP contribution in [0.1, 0.15) is 42.1 Å². The Balaban J connectivity index is 2.29. The molecule has 1 unspecified atom stereocenters. The Morgan fingerprint density at radius 2 is 2.00 bits per heavy atom. The second-order valence-electron chi connectivity index (χ2n) is 4.89. The van der Waals surface area contributed by atoms with Gasteiger partial charge in [0, 0.05) is 7.11 Å². The third-order valence-corrected chi connectivity index (χ3v) is 3.82. The monoisotopic (exact) mass is 220 g/mol. The normalized spacial score (nSPS) is 20.2. The van der Waals surface area contributed by atoms with E-state index in [0.29, 0.717) is 0 Å². The molecule has 1 aromatic rings. The minimum absolute atomic E-state index is 0.333. The van der Waals surface area contributed by atoms with Gasteiger partial charge in [0.1, 0.15) is 6.10 Å². The number of aryl methyl sites for hydroxylation is 2. The molecule has 0 spiro atoms. The summed E-state index contributed by atoms with van der Waals surface area (Å²) in [5, 5.41) is 10.4. The molecule has 1 aliphatic carbocycles. The van der Waals surface area contributed by atoms with Gasteiger partial charge in [-0.1, -0.05) is 23.8 Å². The molecule has 2 nitrogen and oxygen atoms in total. The van der Waals surface area contributed by atoms with Gasteiger partial charge < -0.3 is 9.84 Å². The molecule has 0 saturated heterocycles. The number of hydrogen-bond donors (Lipinski definition) is 1. The van der Waals surface area contributed by atoms with E-state index in [1.54, 1.807) is 7.11 Å². The summed E-state index contributed by atoms with van der Waals surface area (Å²) in [6.07, 6.45) is 2.57. The van der Waals surface area contributed by atoms with Gasteiger partial charge in [0.2, 0.25) is 0 Å². The first-order valence-corrected chi connectivity index (χ1v) is 5.89. The van der Waals surface area contributed by atoms with Crippen LogP contribution in [0.2, 0.25) is 0 Å². The zero-order valence-corrected chi connectivity index (χ0v) is 10.3. The Morgan fingerprint density at radius 3 is 2.44 bits per heavy atom. The zero-order valence-electron chi connectivity index (χ0n) is 10.3. The van der Waals surface area contributed by atoms with Gasteiger partial charge in [-0.15, -0.1) is 0 Å². The SMILES string of the molecule is COC1(C(O)c2ccc(C)cc2C)CCC1. The fraction of sp³-hybridized carbons (Fsp3) is 0.571. The highest BCUT2D eigenvalue weighted by molar-refractivity contribution is 5.34. The minimum Gasteiger partial charge on any atom is -0.385 e. The predicted molar refractivity (Wildman–Crippen MR) is 64.5 cm³/mol. The van der Waals surface area contributed by atoms with Crippen LogP contribution < -0.4 is 0 Å². The van der Waals surface area contributed by atoms with Crippen LogP contribution in [0.15, 0.2) is 18.2 Å². The molecule has 0 heterocycles. The van der Waals surface area contributed by atoms with Crippen LogP contribution >= 0.6 is 0 Å². The Kier molecular flexibility index (Phi) is 3.04. The van der Waals surface area contributed by atoms with Crippen LogP contribution in [0.4, 0.5) is 0 Å². The summed E-state index contributed by atoms with van der Waals surface area (Å²) in [4.78, 5) is 0. The van der Waals surface area contributed by atoms with E-state index < -0.39 is 6.10 Å². The number of ether oxygens (including phenoxy) is 1. The van der Waals surface area contributed by atoms with Gasteiger partial charge in [0.15, 0.2) is 0 Å². The largest absolute Gasteiger partial charge is 0.385 e. The first-order chi connectivity index (χ1) is 7.59. The van der Waals surface area contributed by atoms with Crippen molar-refractivity contribution >= 4 is 0 Å². The van der Waals surface area contributed by atoms with Crippen molar-refractivity contribution in [3.63, 3.8) is 0 Å². The zero-order chi connectivity index (χ0) is 11.8. The minimum atomic E-state index is -0.494. The van der Waals surface area contributed by atoms with E-state index in [1.807, 2.05) is 19.1 Å². The Morgan fingerprint density at radius 1 is 1.31 bits per heavy atom. The van der Waals surface area contributed by atoms with E-state index in [9.17, 15) is 5.11 Å². The molecule has 1 aliphatic rings. The second-order valence-corrected chi connectivity index (χ2v) is 4.89. The molecule has 0 aliphatic heterocycles. The molecule has 1 aromatic carbocycles. The fourth-order valence-electron chi connectivity index (χ4n) is 2.53. The molecule has 0 bridgehead atoms. The maximum Gasteiger partial charge on any atom is 0.108 e. The van der Waals surface area contributed by atoms with E-state index in [4.69, 9.17) is 4.74 Å². The number of benzene rings is 1. The van der Waals surface area contributed by atoms with Crippen LogP contribution in [-0.4, -0.2) is 17.8 Å². The lowest BCUT2D eigenvalue weighted by Gasteiger charge is -2.44. The summed E-state index contributed by atoms with van der Waals surface area (Å²) >= 11 is 0. The molecule has 0 amide bonds. The predicted octanol–water partition coefficient (Wildman–Crippen LogP) is 2.91. The van der Waals surface area contributed by atoms with Gasteiger partial charge in [-0.25, -0.2) is 0 Å². The van der Waals surface area contributed by atoms with Gasteiger partial charge in [-0.3, -0.25) is 0 Å². The summed E-state index contributed by atoms with van der Waals surface area (Å²) in [6.45, 7) is 4.12. The summed E-state index contributed by atoms with van der Waals surface area (Å²) in [5.41, 5.74) is 3.05. The first-order valence-electron chi connectivity index (χ1n) is 5.89. The number of aliphatic hydroxyl groups excluding tert-OH is 1. The third kappa shape index (κ3) is 1.76. The van der Waals surface area contributed by atoms with Crippen molar-refractivity contribution in [1.29, 1.82) is 0 Å². The summed E-state index contributed by atoms with van der Waals surface area (Å²) in [5.74, 6) is 0. The number of rotatable bonds is 3. The van der Waals surface area contributed by atoms with Gasteiger partial charge in [-0.05, 0) is 44.2 Å². The molecule has 1 atom stereocenters. The molecule has 0 radical (unpaired) electrons. The Bertz CT molecular complexity index is 375. The Labute approximate surface area is 97.3 Å². The average molecular weight is 220 g/mol. The molecule has 2 rings (SSSR count). The number of hydrogen-bond acceptors (Lipinski definition) is 2. The van der Waals surface area contributed by atoms with Crippen molar-refractivity contribution in [2.45, 2.75) is 44.8 Å². The van der Waals surface area contributed by atoms with Crippen molar-refractivity contribution in [2.75, 3.05) is 7.11 Å². The van der Waals surface area contributed by atoms with Crippen LogP contribution in [-0.2, 0) is 4.74 Å². The molecule has 1 saturated carbocycles. The van der Waals surface area contributed by atoms with Gasteiger partial charge in [-0.2, -0.15) is 0 Å². The average Bonchev–Trinajstić information content (AvgIpc) is 2.16. The van der Waals surface area contributed by atoms with Crippen LogP contribution in [0.5, 0.6) is 0 Å². The second kappa shape index (κ2) is 4.19. The third-order valence-electron chi connectivity index (χ3n) is 3.82. The molecule has 1 N–H and O–H groups in total. The summed E-state index contributed by atoms with van der Waals surface area (Å²) in [6, 6.07) is 6.18. The van der Waals surface area contributed by atoms with Crippen molar-refractivity contribution in [3.05, 3.63) is 34.9 Å². The molecule has 88 valence electrons. The van der Waals surface area contributed by atoms with Crippen molar-refractivity contribution in [1.82, 2.24) is 0 Å². The smallest absolute Gasteiger partial charge is 0.108 e.